The van der Waals surface area contributed by atoms with Crippen molar-refractivity contribution >= 4 is 38.6 Å². The highest BCUT2D eigenvalue weighted by atomic mass is 32.2. The zero-order valence-electron chi connectivity index (χ0n) is 14.8. The molecule has 1 aliphatic heterocycles. The molecule has 8 heteroatoms. The van der Waals surface area contributed by atoms with E-state index in [0.717, 1.165) is 30.2 Å². The zero-order chi connectivity index (χ0) is 19.7. The fraction of sp³-hybridized carbons (Fsp3) is 0.150. The molecule has 1 N–H and O–H groups in total. The van der Waals surface area contributed by atoms with E-state index in [-0.39, 0.29) is 5.91 Å². The third-order valence-corrected chi connectivity index (χ3v) is 6.83. The van der Waals surface area contributed by atoms with Gasteiger partial charge in [-0.05, 0) is 60.2 Å². The van der Waals surface area contributed by atoms with E-state index in [1.54, 1.807) is 29.2 Å². The van der Waals surface area contributed by atoms with Gasteiger partial charge in [0.2, 0.25) is 0 Å². The first-order valence-corrected chi connectivity index (χ1v) is 11.1. The molecule has 0 unspecified atom stereocenters. The van der Waals surface area contributed by atoms with Gasteiger partial charge in [0.05, 0.1) is 4.88 Å². The highest BCUT2D eigenvalue weighted by Crippen LogP contribution is 2.32. The average molecular weight is 416 g/mol. The van der Waals surface area contributed by atoms with E-state index in [1.165, 1.54) is 29.5 Å². The highest BCUT2D eigenvalue weighted by molar-refractivity contribution is 7.92. The minimum absolute atomic E-state index is 0.0596. The maximum atomic E-state index is 13.9. The van der Waals surface area contributed by atoms with Crippen molar-refractivity contribution in [2.45, 2.75) is 17.7 Å². The van der Waals surface area contributed by atoms with Crippen molar-refractivity contribution in [3.63, 3.8) is 0 Å². The molecule has 0 bridgehead atoms. The Morgan fingerprint density at radius 3 is 2.68 bits per heavy atom. The molecule has 1 amide bonds. The predicted octanol–water partition coefficient (Wildman–Crippen LogP) is 4.28. The monoisotopic (exact) mass is 416 g/mol. The summed E-state index contributed by atoms with van der Waals surface area (Å²) in [6, 6.07) is 13.9. The van der Waals surface area contributed by atoms with Crippen molar-refractivity contribution in [2.24, 2.45) is 0 Å². The Morgan fingerprint density at radius 1 is 1.11 bits per heavy atom. The first-order chi connectivity index (χ1) is 13.5. The minimum Gasteiger partial charge on any atom is -0.307 e. The molecule has 0 aliphatic carbocycles. The van der Waals surface area contributed by atoms with Crippen LogP contribution in [0.4, 0.5) is 15.8 Å². The summed E-state index contributed by atoms with van der Waals surface area (Å²) in [6.45, 7) is 0.615. The fourth-order valence-electron chi connectivity index (χ4n) is 3.28. The second kappa shape index (κ2) is 7.37. The molecule has 2 heterocycles. The Labute approximate surface area is 166 Å². The molecule has 0 radical (unpaired) electrons. The number of nitrogens with one attached hydrogen (secondary N) is 1. The summed E-state index contributed by atoms with van der Waals surface area (Å²) in [5, 5.41) is 1.86. The second-order valence-corrected chi connectivity index (χ2v) is 9.02. The zero-order valence-corrected chi connectivity index (χ0v) is 16.4. The second-order valence-electron chi connectivity index (χ2n) is 6.42. The van der Waals surface area contributed by atoms with Crippen molar-refractivity contribution in [3.8, 4) is 0 Å². The maximum absolute atomic E-state index is 13.9. The number of rotatable bonds is 4. The van der Waals surface area contributed by atoms with Crippen molar-refractivity contribution in [1.82, 2.24) is 0 Å². The lowest BCUT2D eigenvalue weighted by Crippen LogP contribution is -2.35. The highest BCUT2D eigenvalue weighted by Gasteiger charge is 2.25. The molecule has 1 aliphatic rings. The first-order valence-electron chi connectivity index (χ1n) is 8.71. The molecule has 144 valence electrons. The number of halogens is 1. The Balaban J connectivity index is 1.62. The molecule has 0 saturated carbocycles. The number of anilines is 2. The fourth-order valence-corrected chi connectivity index (χ4v) is 5.08. The molecule has 4 rings (SSSR count). The Kier molecular flexibility index (Phi) is 4.91. The number of thiophene rings is 1. The quantitative estimate of drug-likeness (QED) is 0.690. The van der Waals surface area contributed by atoms with Crippen LogP contribution in [-0.4, -0.2) is 20.9 Å². The molecule has 1 aromatic heterocycles. The van der Waals surface area contributed by atoms with Crippen LogP contribution < -0.4 is 9.62 Å². The molecule has 0 atom stereocenters. The number of amides is 1. The molecule has 0 spiro atoms. The summed E-state index contributed by atoms with van der Waals surface area (Å²) >= 11 is 1.39. The van der Waals surface area contributed by atoms with Crippen LogP contribution in [0.1, 0.15) is 21.7 Å². The molecule has 0 fully saturated rings. The third-order valence-electron chi connectivity index (χ3n) is 4.55. The van der Waals surface area contributed by atoms with E-state index in [2.05, 4.69) is 4.72 Å². The van der Waals surface area contributed by atoms with Gasteiger partial charge in [-0.15, -0.1) is 11.3 Å². The van der Waals surface area contributed by atoms with Crippen LogP contribution in [0, 0.1) is 5.82 Å². The average Bonchev–Trinajstić information content (AvgIpc) is 3.21. The van der Waals surface area contributed by atoms with Crippen molar-refractivity contribution in [2.75, 3.05) is 16.2 Å². The maximum Gasteiger partial charge on any atom is 0.268 e. The normalized spacial score (nSPS) is 13.8. The lowest BCUT2D eigenvalue weighted by molar-refractivity contribution is 0.0989. The van der Waals surface area contributed by atoms with Crippen LogP contribution in [0.15, 0.2) is 64.9 Å². The first kappa shape index (κ1) is 18.6. The van der Waals surface area contributed by atoms with E-state index < -0.39 is 20.7 Å². The molecule has 2 aromatic carbocycles. The number of hydrogen-bond acceptors (Lipinski definition) is 4. The smallest absolute Gasteiger partial charge is 0.268 e. The predicted molar refractivity (Wildman–Crippen MR) is 108 cm³/mol. The summed E-state index contributed by atoms with van der Waals surface area (Å²) in [7, 11) is -4.04. The standard InChI is InChI=1S/C20H17FN2O3S2/c21-16-6-1-2-8-19(16)28(25,26)22-15-9-10-17-14(13-15)5-3-11-23(17)20(24)18-7-4-12-27-18/h1-2,4,6-10,12-13,22H,3,5,11H2. The molecule has 3 aromatic rings. The molecular formula is C20H17FN2O3S2. The van der Waals surface area contributed by atoms with Gasteiger partial charge in [-0.1, -0.05) is 18.2 Å². The van der Waals surface area contributed by atoms with Crippen LogP contribution in [0.3, 0.4) is 0 Å². The van der Waals surface area contributed by atoms with Crippen molar-refractivity contribution in [1.29, 1.82) is 0 Å². The number of carbonyl (C=O) groups is 1. The lowest BCUT2D eigenvalue weighted by Gasteiger charge is -2.29. The largest absolute Gasteiger partial charge is 0.307 e. The van der Waals surface area contributed by atoms with Gasteiger partial charge in [0.15, 0.2) is 0 Å². The summed E-state index contributed by atoms with van der Waals surface area (Å²) in [5.41, 5.74) is 2.00. The summed E-state index contributed by atoms with van der Waals surface area (Å²) in [6.07, 6.45) is 1.52. The summed E-state index contributed by atoms with van der Waals surface area (Å²) in [4.78, 5) is 14.7. The number of carbonyl (C=O) groups excluding carboxylic acids is 1. The Hall–Kier alpha value is -2.71. The van der Waals surface area contributed by atoms with E-state index in [0.29, 0.717) is 17.1 Å². The minimum atomic E-state index is -4.04. The van der Waals surface area contributed by atoms with Crippen LogP contribution >= 0.6 is 11.3 Å². The number of hydrogen-bond donors (Lipinski definition) is 1. The van der Waals surface area contributed by atoms with Gasteiger partial charge >= 0.3 is 0 Å². The molecule has 28 heavy (non-hydrogen) atoms. The van der Waals surface area contributed by atoms with Gasteiger partial charge in [-0.3, -0.25) is 9.52 Å². The molecular weight excluding hydrogens is 399 g/mol. The summed E-state index contributed by atoms with van der Waals surface area (Å²) in [5.74, 6) is -0.865. The number of nitrogens with zero attached hydrogens (tertiary/aromatic N) is 1. The topological polar surface area (TPSA) is 66.5 Å². The molecule has 0 saturated heterocycles. The third kappa shape index (κ3) is 3.53. The SMILES string of the molecule is O=C(c1cccs1)N1CCCc2cc(NS(=O)(=O)c3ccccc3F)ccc21. The van der Waals surface area contributed by atoms with Gasteiger partial charge in [-0.2, -0.15) is 0 Å². The number of sulfonamides is 1. The van der Waals surface area contributed by atoms with Crippen LogP contribution in [-0.2, 0) is 16.4 Å². The number of benzene rings is 2. The van der Waals surface area contributed by atoms with E-state index in [4.69, 9.17) is 0 Å². The van der Waals surface area contributed by atoms with E-state index >= 15 is 0 Å². The Bertz CT molecular complexity index is 1130. The van der Waals surface area contributed by atoms with Crippen LogP contribution in [0.5, 0.6) is 0 Å². The van der Waals surface area contributed by atoms with E-state index in [9.17, 15) is 17.6 Å². The van der Waals surface area contributed by atoms with Crippen molar-refractivity contribution in [3.05, 3.63) is 76.2 Å². The van der Waals surface area contributed by atoms with Crippen molar-refractivity contribution < 1.29 is 17.6 Å². The van der Waals surface area contributed by atoms with Gasteiger partial charge in [0.25, 0.3) is 15.9 Å². The lowest BCUT2D eigenvalue weighted by atomic mass is 10.0. The Morgan fingerprint density at radius 2 is 1.93 bits per heavy atom. The number of fused-ring (bicyclic) bond motifs is 1. The number of aryl methyl sites for hydroxylation is 1. The van der Waals surface area contributed by atoms with Gasteiger partial charge < -0.3 is 4.90 Å². The van der Waals surface area contributed by atoms with Gasteiger partial charge in [-0.25, -0.2) is 12.8 Å². The van der Waals surface area contributed by atoms with E-state index in [1.807, 2.05) is 11.4 Å². The molecule has 5 nitrogen and oxygen atoms in total. The summed E-state index contributed by atoms with van der Waals surface area (Å²) < 4.78 is 41.3. The van der Waals surface area contributed by atoms with Gasteiger partial charge in [0.1, 0.15) is 10.7 Å². The van der Waals surface area contributed by atoms with Crippen LogP contribution in [0.2, 0.25) is 0 Å². The van der Waals surface area contributed by atoms with Crippen LogP contribution in [0.25, 0.3) is 0 Å². The van der Waals surface area contributed by atoms with Gasteiger partial charge in [0, 0.05) is 17.9 Å².